The Hall–Kier alpha value is -1.26. The first-order chi connectivity index (χ1) is 9.24. The second kappa shape index (κ2) is 6.78. The Labute approximate surface area is 115 Å². The summed E-state index contributed by atoms with van der Waals surface area (Å²) in [5.41, 5.74) is 0. The van der Waals surface area contributed by atoms with Gasteiger partial charge in [-0.2, -0.15) is 0 Å². The predicted octanol–water partition coefficient (Wildman–Crippen LogP) is 0.962. The molecule has 0 aromatic rings. The Kier molecular flexibility index (Phi) is 5.05. The highest BCUT2D eigenvalue weighted by atomic mass is 16.2. The molecule has 5 heteroatoms. The topological polar surface area (TPSA) is 56.7 Å². The van der Waals surface area contributed by atoms with Crippen LogP contribution in [0.15, 0.2) is 4.99 Å². The second-order valence-corrected chi connectivity index (χ2v) is 5.57. The van der Waals surface area contributed by atoms with Crippen molar-refractivity contribution in [3.8, 4) is 0 Å². The van der Waals surface area contributed by atoms with Gasteiger partial charge in [0.1, 0.15) is 0 Å². The number of nitrogens with one attached hydrogen (secondary N) is 2. The Morgan fingerprint density at radius 2 is 1.95 bits per heavy atom. The number of hydrogen-bond donors (Lipinski definition) is 2. The number of amides is 1. The Morgan fingerprint density at radius 1 is 1.21 bits per heavy atom. The number of likely N-dealkylation sites (tertiary alicyclic amines) is 1. The first-order valence-corrected chi connectivity index (χ1v) is 7.44. The van der Waals surface area contributed by atoms with Crippen molar-refractivity contribution in [3.05, 3.63) is 0 Å². The third kappa shape index (κ3) is 3.61. The summed E-state index contributed by atoms with van der Waals surface area (Å²) >= 11 is 0. The van der Waals surface area contributed by atoms with Crippen molar-refractivity contribution in [1.29, 1.82) is 0 Å². The third-order valence-electron chi connectivity index (χ3n) is 4.26. The highest BCUT2D eigenvalue weighted by Crippen LogP contribution is 2.26. The molecule has 1 saturated heterocycles. The number of aliphatic imine (C=N–C) groups is 1. The molecule has 2 fully saturated rings. The van der Waals surface area contributed by atoms with Gasteiger partial charge in [0, 0.05) is 39.1 Å². The fourth-order valence-corrected chi connectivity index (χ4v) is 3.13. The lowest BCUT2D eigenvalue weighted by Gasteiger charge is -2.26. The van der Waals surface area contributed by atoms with Crippen molar-refractivity contribution in [2.45, 2.75) is 44.6 Å². The van der Waals surface area contributed by atoms with Crippen LogP contribution < -0.4 is 10.6 Å². The van der Waals surface area contributed by atoms with Gasteiger partial charge in [-0.1, -0.05) is 19.3 Å². The lowest BCUT2D eigenvalue weighted by Crippen LogP contribution is -2.44. The molecule has 0 spiro atoms. The van der Waals surface area contributed by atoms with Crippen molar-refractivity contribution in [2.24, 2.45) is 10.9 Å². The maximum absolute atomic E-state index is 12.4. The largest absolute Gasteiger partial charge is 0.359 e. The van der Waals surface area contributed by atoms with E-state index in [-0.39, 0.29) is 5.92 Å². The van der Waals surface area contributed by atoms with Gasteiger partial charge in [0.15, 0.2) is 5.96 Å². The van der Waals surface area contributed by atoms with E-state index in [1.54, 1.807) is 7.05 Å². The molecule has 0 radical (unpaired) electrons. The van der Waals surface area contributed by atoms with Crippen molar-refractivity contribution in [2.75, 3.05) is 27.2 Å². The van der Waals surface area contributed by atoms with Gasteiger partial charge in [-0.3, -0.25) is 9.79 Å². The fraction of sp³-hybridized carbons (Fsp3) is 0.857. The first kappa shape index (κ1) is 14.2. The van der Waals surface area contributed by atoms with Gasteiger partial charge >= 0.3 is 0 Å². The number of carbonyl (C=O) groups is 1. The van der Waals surface area contributed by atoms with Gasteiger partial charge in [-0.25, -0.2) is 0 Å². The average molecular weight is 266 g/mol. The Morgan fingerprint density at radius 3 is 2.58 bits per heavy atom. The monoisotopic (exact) mass is 266 g/mol. The minimum Gasteiger partial charge on any atom is -0.359 e. The van der Waals surface area contributed by atoms with Gasteiger partial charge in [-0.15, -0.1) is 0 Å². The van der Waals surface area contributed by atoms with Crippen LogP contribution in [0, 0.1) is 5.92 Å². The maximum Gasteiger partial charge on any atom is 0.225 e. The van der Waals surface area contributed by atoms with E-state index in [0.717, 1.165) is 38.3 Å². The molecule has 1 heterocycles. The average Bonchev–Trinajstić information content (AvgIpc) is 2.93. The molecule has 0 aromatic heterocycles. The molecule has 19 heavy (non-hydrogen) atoms. The molecule has 1 atom stereocenters. The molecule has 0 bridgehead atoms. The van der Waals surface area contributed by atoms with Crippen LogP contribution in [0.2, 0.25) is 0 Å². The molecule has 1 unspecified atom stereocenters. The zero-order valence-corrected chi connectivity index (χ0v) is 12.1. The van der Waals surface area contributed by atoms with Gasteiger partial charge in [0.05, 0.1) is 0 Å². The molecule has 108 valence electrons. The molecule has 2 N–H and O–H groups in total. The molecule has 1 amide bonds. The summed E-state index contributed by atoms with van der Waals surface area (Å²) in [6.07, 6.45) is 6.93. The Balaban J connectivity index is 1.82. The summed E-state index contributed by atoms with van der Waals surface area (Å²) in [6.45, 7) is 1.70. The molecule has 1 aliphatic carbocycles. The molecule has 5 nitrogen and oxygen atoms in total. The van der Waals surface area contributed by atoms with Crippen LogP contribution in [-0.4, -0.2) is 50.0 Å². The van der Waals surface area contributed by atoms with Crippen LogP contribution in [0.25, 0.3) is 0 Å². The van der Waals surface area contributed by atoms with Gasteiger partial charge in [0.2, 0.25) is 5.91 Å². The van der Waals surface area contributed by atoms with Crippen molar-refractivity contribution >= 4 is 11.9 Å². The standard InChI is InChI=1S/C14H26N4O/c1-15-14(16-2)17-12-8-9-18(10-12)13(19)11-6-4-3-5-7-11/h11-12H,3-10H2,1-2H3,(H2,15,16,17). The SMILES string of the molecule is CN=C(NC)NC1CCN(C(=O)C2CCCCC2)C1. The Bertz CT molecular complexity index is 336. The van der Waals surface area contributed by atoms with Crippen LogP contribution in [0.5, 0.6) is 0 Å². The fourth-order valence-electron chi connectivity index (χ4n) is 3.13. The van der Waals surface area contributed by atoms with Crippen LogP contribution >= 0.6 is 0 Å². The van der Waals surface area contributed by atoms with E-state index in [1.165, 1.54) is 19.3 Å². The summed E-state index contributed by atoms with van der Waals surface area (Å²) in [6, 6.07) is 0.332. The van der Waals surface area contributed by atoms with Crippen molar-refractivity contribution < 1.29 is 4.79 Å². The zero-order chi connectivity index (χ0) is 13.7. The van der Waals surface area contributed by atoms with Crippen LogP contribution in [-0.2, 0) is 4.79 Å². The van der Waals surface area contributed by atoms with Gasteiger partial charge < -0.3 is 15.5 Å². The van der Waals surface area contributed by atoms with Crippen LogP contribution in [0.1, 0.15) is 38.5 Å². The normalized spacial score (nSPS) is 25.5. The highest BCUT2D eigenvalue weighted by Gasteiger charge is 2.31. The minimum atomic E-state index is 0.288. The van der Waals surface area contributed by atoms with E-state index in [9.17, 15) is 4.79 Å². The smallest absolute Gasteiger partial charge is 0.225 e. The highest BCUT2D eigenvalue weighted by molar-refractivity contribution is 5.81. The lowest BCUT2D eigenvalue weighted by molar-refractivity contribution is -0.135. The summed E-state index contributed by atoms with van der Waals surface area (Å²) < 4.78 is 0. The second-order valence-electron chi connectivity index (χ2n) is 5.57. The predicted molar refractivity (Wildman–Crippen MR) is 77.1 cm³/mol. The van der Waals surface area contributed by atoms with Crippen molar-refractivity contribution in [3.63, 3.8) is 0 Å². The summed E-state index contributed by atoms with van der Waals surface area (Å²) in [5.74, 6) is 1.47. The number of guanidine groups is 1. The number of rotatable bonds is 2. The van der Waals surface area contributed by atoms with Gasteiger partial charge in [-0.05, 0) is 19.3 Å². The molecule has 2 aliphatic rings. The first-order valence-electron chi connectivity index (χ1n) is 7.44. The maximum atomic E-state index is 12.4. The van der Waals surface area contributed by atoms with E-state index in [4.69, 9.17) is 0 Å². The van der Waals surface area contributed by atoms with Crippen molar-refractivity contribution in [1.82, 2.24) is 15.5 Å². The number of nitrogens with zero attached hydrogens (tertiary/aromatic N) is 2. The molecular weight excluding hydrogens is 240 g/mol. The van der Waals surface area contributed by atoms with E-state index in [1.807, 2.05) is 11.9 Å². The molecule has 1 aliphatic heterocycles. The van der Waals surface area contributed by atoms with Crippen LogP contribution in [0.3, 0.4) is 0 Å². The minimum absolute atomic E-state index is 0.288. The molecule has 1 saturated carbocycles. The molecule has 2 rings (SSSR count). The van der Waals surface area contributed by atoms with E-state index >= 15 is 0 Å². The van der Waals surface area contributed by atoms with E-state index in [0.29, 0.717) is 11.9 Å². The third-order valence-corrected chi connectivity index (χ3v) is 4.26. The van der Waals surface area contributed by atoms with Crippen LogP contribution in [0.4, 0.5) is 0 Å². The summed E-state index contributed by atoms with van der Waals surface area (Å²) in [4.78, 5) is 18.6. The lowest BCUT2D eigenvalue weighted by atomic mass is 9.88. The molecule has 0 aromatic carbocycles. The molecular formula is C14H26N4O. The zero-order valence-electron chi connectivity index (χ0n) is 12.1. The van der Waals surface area contributed by atoms with Gasteiger partial charge in [0.25, 0.3) is 0 Å². The van der Waals surface area contributed by atoms with E-state index < -0.39 is 0 Å². The number of carbonyl (C=O) groups excluding carboxylic acids is 1. The quantitative estimate of drug-likeness (QED) is 0.578. The summed E-state index contributed by atoms with van der Waals surface area (Å²) in [5, 5.41) is 6.37. The summed E-state index contributed by atoms with van der Waals surface area (Å²) in [7, 11) is 3.62. The number of hydrogen-bond acceptors (Lipinski definition) is 2. The van der Waals surface area contributed by atoms with E-state index in [2.05, 4.69) is 15.6 Å².